The van der Waals surface area contributed by atoms with E-state index >= 15 is 13.2 Å². The molecule has 10 aromatic rings. The summed E-state index contributed by atoms with van der Waals surface area (Å²) in [5.41, 5.74) is 12.9. The first kappa shape index (κ1) is 36.9. The third kappa shape index (κ3) is 5.80. The molecule has 0 bridgehead atoms. The van der Waals surface area contributed by atoms with Crippen LogP contribution in [0.1, 0.15) is 27.8 Å². The molecule has 3 nitrogen and oxygen atoms in total. The molecule has 0 fully saturated rings. The predicted octanol–water partition coefficient (Wildman–Crippen LogP) is 15.7. The summed E-state index contributed by atoms with van der Waals surface area (Å²) in [4.78, 5) is 4.32. The lowest BCUT2D eigenvalue weighted by Gasteiger charge is -2.22. The lowest BCUT2D eigenvalue weighted by molar-refractivity contribution is -0.137. The molecule has 0 atom stereocenters. The second-order valence-corrected chi connectivity index (χ2v) is 15.8. The van der Waals surface area contributed by atoms with Crippen LogP contribution in [0.15, 0.2) is 158 Å². The van der Waals surface area contributed by atoms with E-state index in [1.54, 1.807) is 12.1 Å². The van der Waals surface area contributed by atoms with Crippen molar-refractivity contribution in [3.63, 3.8) is 0 Å². The maximum absolute atomic E-state index is 15.0. The van der Waals surface area contributed by atoms with E-state index < -0.39 is 11.7 Å². The molecular weight excluding hydrogens is 748 g/mol. The van der Waals surface area contributed by atoms with Gasteiger partial charge < -0.3 is 9.13 Å². The van der Waals surface area contributed by atoms with Crippen LogP contribution in [0.4, 0.5) is 18.9 Å². The van der Waals surface area contributed by atoms with E-state index in [2.05, 4.69) is 116 Å². The number of aryl methyl sites for hydroxylation is 4. The summed E-state index contributed by atoms with van der Waals surface area (Å²) in [6.07, 6.45) is -4.64. The van der Waals surface area contributed by atoms with E-state index in [1.165, 1.54) is 17.7 Å². The molecular formula is C54H38F3N3. The average Bonchev–Trinajstić information content (AvgIpc) is 3.74. The van der Waals surface area contributed by atoms with Gasteiger partial charge in [0.15, 0.2) is 0 Å². The van der Waals surface area contributed by atoms with Crippen molar-refractivity contribution in [2.45, 2.75) is 33.9 Å². The largest absolute Gasteiger partial charge is 0.417 e. The number of hydrogen-bond donors (Lipinski definition) is 0. The summed E-state index contributed by atoms with van der Waals surface area (Å²) in [6, 6.07) is 50.9. The molecule has 10 rings (SSSR count). The summed E-state index contributed by atoms with van der Waals surface area (Å²) >= 11 is 0. The topological polar surface area (TPSA) is 14.2 Å². The molecule has 0 aliphatic heterocycles. The molecule has 0 saturated heterocycles. The lowest BCUT2D eigenvalue weighted by atomic mass is 9.95. The molecule has 8 aromatic carbocycles. The van der Waals surface area contributed by atoms with E-state index in [0.29, 0.717) is 16.9 Å². The smallest absolute Gasteiger partial charge is 0.319 e. The normalized spacial score (nSPS) is 11.9. The minimum Gasteiger partial charge on any atom is -0.319 e. The number of nitrogens with zero attached hydrogens (tertiary/aromatic N) is 3. The van der Waals surface area contributed by atoms with E-state index in [1.807, 2.05) is 53.1 Å². The standard InChI is InChI=1S/C54H38F3N3/c1-32-18-22-38(34(3)28-32)36-20-24-43-41-13-7-10-16-47(41)59(50(43)30-36)49-27-26-45(40-12-6-9-15-46(40)54(55,56)57)53(52(49)58-5)60-48-17-11-8-14-42(48)44-25-21-37(31-51(44)60)39-23-19-33(2)29-35(39)4/h6-31H,1-4H3. The van der Waals surface area contributed by atoms with Crippen LogP contribution < -0.4 is 0 Å². The van der Waals surface area contributed by atoms with Crippen molar-refractivity contribution in [3.05, 3.63) is 197 Å². The van der Waals surface area contributed by atoms with E-state index in [9.17, 15) is 0 Å². The second-order valence-electron chi connectivity index (χ2n) is 15.8. The first-order chi connectivity index (χ1) is 29.0. The van der Waals surface area contributed by atoms with Gasteiger partial charge in [-0.2, -0.15) is 13.2 Å². The predicted molar refractivity (Wildman–Crippen MR) is 242 cm³/mol. The molecule has 0 spiro atoms. The van der Waals surface area contributed by atoms with Crippen molar-refractivity contribution in [2.24, 2.45) is 0 Å². The van der Waals surface area contributed by atoms with E-state index in [-0.39, 0.29) is 11.3 Å². The van der Waals surface area contributed by atoms with E-state index in [0.717, 1.165) is 88.6 Å². The first-order valence-electron chi connectivity index (χ1n) is 20.0. The molecule has 0 saturated carbocycles. The van der Waals surface area contributed by atoms with Gasteiger partial charge in [0, 0.05) is 21.5 Å². The van der Waals surface area contributed by atoms with Gasteiger partial charge in [-0.15, -0.1) is 0 Å². The highest BCUT2D eigenvalue weighted by Gasteiger charge is 2.35. The van der Waals surface area contributed by atoms with Crippen LogP contribution in [0.3, 0.4) is 0 Å². The molecule has 6 heteroatoms. The number of benzene rings is 8. The second kappa shape index (κ2) is 13.9. The van der Waals surface area contributed by atoms with Gasteiger partial charge >= 0.3 is 6.18 Å². The van der Waals surface area contributed by atoms with Crippen molar-refractivity contribution in [2.75, 3.05) is 0 Å². The summed E-state index contributed by atoms with van der Waals surface area (Å²) in [7, 11) is 0. The van der Waals surface area contributed by atoms with Crippen molar-refractivity contribution >= 4 is 49.3 Å². The Morgan fingerprint density at radius 3 is 1.48 bits per heavy atom. The molecule has 2 heterocycles. The number of fused-ring (bicyclic) bond motifs is 6. The van der Waals surface area contributed by atoms with Crippen molar-refractivity contribution in [1.82, 2.24) is 9.13 Å². The SMILES string of the molecule is [C-]#[N+]c1c(-n2c3ccccc3c3ccc(-c4ccc(C)cc4C)cc32)ccc(-c2ccccc2C(F)(F)F)c1-n1c2ccccc2c2ccc(-c3ccc(C)cc3C)cc21. The van der Waals surface area contributed by atoms with Gasteiger partial charge in [-0.05, 0) is 109 Å². The summed E-state index contributed by atoms with van der Waals surface area (Å²) in [6.45, 7) is 17.4. The third-order valence-corrected chi connectivity index (χ3v) is 12.0. The lowest BCUT2D eigenvalue weighted by Crippen LogP contribution is -2.09. The minimum absolute atomic E-state index is 0.00673. The van der Waals surface area contributed by atoms with Crippen LogP contribution in [-0.4, -0.2) is 9.13 Å². The highest BCUT2D eigenvalue weighted by molar-refractivity contribution is 6.13. The Hall–Kier alpha value is -7.36. The van der Waals surface area contributed by atoms with Crippen LogP contribution in [-0.2, 0) is 6.18 Å². The fraction of sp³-hybridized carbons (Fsp3) is 0.0926. The molecule has 0 aliphatic rings. The Balaban J connectivity index is 1.36. The van der Waals surface area contributed by atoms with Crippen molar-refractivity contribution in [3.8, 4) is 44.8 Å². The molecule has 0 radical (unpaired) electrons. The Kier molecular flexibility index (Phi) is 8.55. The summed E-state index contributed by atoms with van der Waals surface area (Å²) in [5.74, 6) is 0. The number of hydrogen-bond acceptors (Lipinski definition) is 0. The highest BCUT2D eigenvalue weighted by Crippen LogP contribution is 2.48. The third-order valence-electron chi connectivity index (χ3n) is 12.0. The molecule has 2 aromatic heterocycles. The molecule has 0 N–H and O–H groups in total. The Morgan fingerprint density at radius 1 is 0.450 bits per heavy atom. The molecule has 60 heavy (non-hydrogen) atoms. The number of halogens is 3. The maximum atomic E-state index is 15.0. The van der Waals surface area contributed by atoms with Gasteiger partial charge in [0.1, 0.15) is 0 Å². The fourth-order valence-electron chi connectivity index (χ4n) is 9.32. The summed E-state index contributed by atoms with van der Waals surface area (Å²) in [5, 5.41) is 3.90. The zero-order valence-electron chi connectivity index (χ0n) is 33.5. The Morgan fingerprint density at radius 2 is 0.933 bits per heavy atom. The van der Waals surface area contributed by atoms with Gasteiger partial charge in [-0.3, -0.25) is 0 Å². The minimum atomic E-state index is -4.64. The fourth-order valence-corrected chi connectivity index (χ4v) is 9.32. The molecule has 0 amide bonds. The van der Waals surface area contributed by atoms with Crippen LogP contribution in [0.5, 0.6) is 0 Å². The average molecular weight is 786 g/mol. The number of rotatable bonds is 5. The summed E-state index contributed by atoms with van der Waals surface area (Å²) < 4.78 is 49.2. The number of aromatic nitrogens is 2. The quantitative estimate of drug-likeness (QED) is 0.154. The van der Waals surface area contributed by atoms with Gasteiger partial charge in [-0.1, -0.05) is 132 Å². The van der Waals surface area contributed by atoms with E-state index in [4.69, 9.17) is 6.57 Å². The Labute approximate surface area is 346 Å². The van der Waals surface area contributed by atoms with Crippen molar-refractivity contribution in [1.29, 1.82) is 0 Å². The van der Waals surface area contributed by atoms with Crippen LogP contribution >= 0.6 is 0 Å². The van der Waals surface area contributed by atoms with Crippen LogP contribution in [0.25, 0.3) is 93.2 Å². The molecule has 0 unspecified atom stereocenters. The zero-order valence-corrected chi connectivity index (χ0v) is 33.5. The van der Waals surface area contributed by atoms with Gasteiger partial charge in [0.05, 0.1) is 45.6 Å². The molecule has 0 aliphatic carbocycles. The van der Waals surface area contributed by atoms with Gasteiger partial charge in [0.25, 0.3) is 0 Å². The monoisotopic (exact) mass is 785 g/mol. The maximum Gasteiger partial charge on any atom is 0.417 e. The molecule has 290 valence electrons. The zero-order chi connectivity index (χ0) is 41.4. The number of alkyl halides is 3. The van der Waals surface area contributed by atoms with Gasteiger partial charge in [-0.25, -0.2) is 4.85 Å². The van der Waals surface area contributed by atoms with Gasteiger partial charge in [0.2, 0.25) is 5.69 Å². The Bertz CT molecular complexity index is 3430. The highest BCUT2D eigenvalue weighted by atomic mass is 19.4. The van der Waals surface area contributed by atoms with Crippen LogP contribution in [0, 0.1) is 34.3 Å². The first-order valence-corrected chi connectivity index (χ1v) is 20.0. The van der Waals surface area contributed by atoms with Crippen LogP contribution in [0.2, 0.25) is 0 Å². The number of para-hydroxylation sites is 2. The van der Waals surface area contributed by atoms with Crippen molar-refractivity contribution < 1.29 is 13.2 Å².